The average molecular weight is 351 g/mol. The van der Waals surface area contributed by atoms with Gasteiger partial charge >= 0.3 is 6.03 Å². The summed E-state index contributed by atoms with van der Waals surface area (Å²) in [6.07, 6.45) is 2.04. The lowest BCUT2D eigenvalue weighted by atomic mass is 10.1. The summed E-state index contributed by atoms with van der Waals surface area (Å²) >= 11 is 0. The van der Waals surface area contributed by atoms with Gasteiger partial charge in [-0.05, 0) is 42.7 Å². The molecule has 0 bridgehead atoms. The van der Waals surface area contributed by atoms with Crippen LogP contribution in [-0.2, 0) is 5.54 Å². The van der Waals surface area contributed by atoms with Gasteiger partial charge in [-0.3, -0.25) is 0 Å². The number of carbonyl (C=O) groups excluding carboxylic acids is 1. The first-order chi connectivity index (χ1) is 12.7. The molecular weight excluding hydrogens is 326 g/mol. The number of piperazine rings is 1. The van der Waals surface area contributed by atoms with Crippen LogP contribution in [0.3, 0.4) is 0 Å². The van der Waals surface area contributed by atoms with Crippen molar-refractivity contribution in [3.8, 4) is 5.75 Å². The predicted molar refractivity (Wildman–Crippen MR) is 103 cm³/mol. The molecule has 0 atom stereocenters. The molecule has 136 valence electrons. The molecule has 1 saturated heterocycles. The third-order valence-electron chi connectivity index (χ3n) is 5.43. The summed E-state index contributed by atoms with van der Waals surface area (Å²) in [6, 6.07) is 18.5. The molecule has 26 heavy (non-hydrogen) atoms. The van der Waals surface area contributed by atoms with E-state index < -0.39 is 0 Å². The highest BCUT2D eigenvalue weighted by molar-refractivity contribution is 5.76. The largest absolute Gasteiger partial charge is 0.497 e. The molecule has 2 fully saturated rings. The van der Waals surface area contributed by atoms with Gasteiger partial charge in [-0.2, -0.15) is 0 Å². The van der Waals surface area contributed by atoms with Gasteiger partial charge in [0.25, 0.3) is 0 Å². The molecule has 0 aromatic heterocycles. The van der Waals surface area contributed by atoms with E-state index in [2.05, 4.69) is 34.5 Å². The van der Waals surface area contributed by atoms with Crippen LogP contribution in [-0.4, -0.2) is 44.2 Å². The van der Waals surface area contributed by atoms with Crippen molar-refractivity contribution in [2.45, 2.75) is 18.4 Å². The fourth-order valence-electron chi connectivity index (χ4n) is 3.61. The van der Waals surface area contributed by atoms with Crippen LogP contribution in [0.2, 0.25) is 0 Å². The number of nitrogens with one attached hydrogen (secondary N) is 1. The van der Waals surface area contributed by atoms with Gasteiger partial charge in [0.1, 0.15) is 5.75 Å². The van der Waals surface area contributed by atoms with Crippen LogP contribution >= 0.6 is 0 Å². The van der Waals surface area contributed by atoms with Crippen molar-refractivity contribution in [1.82, 2.24) is 10.2 Å². The number of rotatable bonds is 4. The van der Waals surface area contributed by atoms with Crippen LogP contribution in [0.25, 0.3) is 0 Å². The number of nitrogens with zero attached hydrogens (tertiary/aromatic N) is 2. The highest BCUT2D eigenvalue weighted by atomic mass is 16.5. The van der Waals surface area contributed by atoms with E-state index in [4.69, 9.17) is 4.74 Å². The first-order valence-electron chi connectivity index (χ1n) is 9.22. The molecule has 1 saturated carbocycles. The first-order valence-corrected chi connectivity index (χ1v) is 9.22. The Morgan fingerprint density at radius 2 is 1.62 bits per heavy atom. The zero-order valence-electron chi connectivity index (χ0n) is 15.1. The first kappa shape index (κ1) is 16.8. The van der Waals surface area contributed by atoms with Crippen LogP contribution in [0.15, 0.2) is 54.6 Å². The highest BCUT2D eigenvalue weighted by Gasteiger charge is 2.46. The number of ether oxygens (including phenoxy) is 1. The van der Waals surface area contributed by atoms with Gasteiger partial charge in [-0.1, -0.05) is 30.3 Å². The molecule has 2 aromatic rings. The van der Waals surface area contributed by atoms with E-state index in [1.165, 1.54) is 11.3 Å². The summed E-state index contributed by atoms with van der Waals surface area (Å²) in [4.78, 5) is 17.0. The lowest BCUT2D eigenvalue weighted by Crippen LogP contribution is -2.53. The second-order valence-corrected chi connectivity index (χ2v) is 7.05. The molecule has 4 rings (SSSR count). The third-order valence-corrected chi connectivity index (χ3v) is 5.43. The summed E-state index contributed by atoms with van der Waals surface area (Å²) in [7, 11) is 1.68. The van der Waals surface area contributed by atoms with Crippen molar-refractivity contribution in [3.63, 3.8) is 0 Å². The van der Waals surface area contributed by atoms with Crippen molar-refractivity contribution >= 4 is 11.7 Å². The maximum Gasteiger partial charge on any atom is 0.318 e. The smallest absolute Gasteiger partial charge is 0.318 e. The molecular formula is C21H25N3O2. The van der Waals surface area contributed by atoms with Gasteiger partial charge in [0.2, 0.25) is 0 Å². The van der Waals surface area contributed by atoms with Gasteiger partial charge in [-0.15, -0.1) is 0 Å². The van der Waals surface area contributed by atoms with E-state index in [0.717, 1.165) is 44.8 Å². The summed E-state index contributed by atoms with van der Waals surface area (Å²) in [5.74, 6) is 0.863. The topological polar surface area (TPSA) is 44.8 Å². The van der Waals surface area contributed by atoms with E-state index >= 15 is 0 Å². The minimum atomic E-state index is -0.147. The van der Waals surface area contributed by atoms with Crippen molar-refractivity contribution < 1.29 is 9.53 Å². The molecule has 2 aliphatic rings. The van der Waals surface area contributed by atoms with Crippen molar-refractivity contribution in [2.24, 2.45) is 0 Å². The third kappa shape index (κ3) is 3.34. The SMILES string of the molecule is COc1ccc(N2CCN(C(=O)NC3(c4ccccc4)CC3)CC2)cc1. The van der Waals surface area contributed by atoms with Crippen LogP contribution in [0.4, 0.5) is 10.5 Å². The fourth-order valence-corrected chi connectivity index (χ4v) is 3.61. The number of amides is 2. The molecule has 5 heteroatoms. The number of urea groups is 1. The maximum absolute atomic E-state index is 12.7. The van der Waals surface area contributed by atoms with Crippen LogP contribution in [0, 0.1) is 0 Å². The number of hydrogen-bond acceptors (Lipinski definition) is 3. The molecule has 2 aromatic carbocycles. The standard InChI is InChI=1S/C21H25N3O2/c1-26-19-9-7-18(8-10-19)23-13-15-24(16-14-23)20(25)22-21(11-12-21)17-5-3-2-4-6-17/h2-10H,11-16H2,1H3,(H,22,25). The predicted octanol–water partition coefficient (Wildman–Crippen LogP) is 3.22. The zero-order valence-corrected chi connectivity index (χ0v) is 15.1. The van der Waals surface area contributed by atoms with Gasteiger partial charge in [0.05, 0.1) is 12.6 Å². The monoisotopic (exact) mass is 351 g/mol. The fraction of sp³-hybridized carbons (Fsp3) is 0.381. The number of hydrogen-bond donors (Lipinski definition) is 1. The maximum atomic E-state index is 12.7. The normalized spacial score (nSPS) is 18.3. The minimum Gasteiger partial charge on any atom is -0.497 e. The Morgan fingerprint density at radius 3 is 2.19 bits per heavy atom. The second kappa shape index (κ2) is 6.90. The average Bonchev–Trinajstić information content (AvgIpc) is 3.49. The summed E-state index contributed by atoms with van der Waals surface area (Å²) in [5.41, 5.74) is 2.24. The van der Waals surface area contributed by atoms with Crippen LogP contribution in [0.5, 0.6) is 5.75 Å². The van der Waals surface area contributed by atoms with Crippen LogP contribution in [0.1, 0.15) is 18.4 Å². The van der Waals surface area contributed by atoms with Gasteiger partial charge < -0.3 is 19.9 Å². The molecule has 1 aliphatic heterocycles. The molecule has 0 radical (unpaired) electrons. The molecule has 0 spiro atoms. The Kier molecular flexibility index (Phi) is 4.45. The molecule has 0 unspecified atom stereocenters. The van der Waals surface area contributed by atoms with Crippen LogP contribution < -0.4 is 15.0 Å². The number of anilines is 1. The lowest BCUT2D eigenvalue weighted by molar-refractivity contribution is 0.189. The van der Waals surface area contributed by atoms with E-state index in [1.54, 1.807) is 7.11 Å². The molecule has 1 N–H and O–H groups in total. The van der Waals surface area contributed by atoms with Crippen molar-refractivity contribution in [3.05, 3.63) is 60.2 Å². The summed E-state index contributed by atoms with van der Waals surface area (Å²) in [5, 5.41) is 3.28. The Labute approximate surface area is 154 Å². The lowest BCUT2D eigenvalue weighted by Gasteiger charge is -2.37. The Bertz CT molecular complexity index is 749. The van der Waals surface area contributed by atoms with Gasteiger partial charge in [0, 0.05) is 31.9 Å². The van der Waals surface area contributed by atoms with Crippen molar-refractivity contribution in [1.29, 1.82) is 0 Å². The number of methoxy groups -OCH3 is 1. The van der Waals surface area contributed by atoms with E-state index in [1.807, 2.05) is 35.2 Å². The Balaban J connectivity index is 1.34. The summed E-state index contributed by atoms with van der Waals surface area (Å²) < 4.78 is 5.21. The highest BCUT2D eigenvalue weighted by Crippen LogP contribution is 2.45. The van der Waals surface area contributed by atoms with E-state index in [9.17, 15) is 4.79 Å². The Hall–Kier alpha value is -2.69. The molecule has 2 amide bonds. The van der Waals surface area contributed by atoms with E-state index in [0.29, 0.717) is 0 Å². The second-order valence-electron chi connectivity index (χ2n) is 7.05. The quantitative estimate of drug-likeness (QED) is 0.920. The van der Waals surface area contributed by atoms with Gasteiger partial charge in [-0.25, -0.2) is 4.79 Å². The number of benzene rings is 2. The molecule has 1 aliphatic carbocycles. The van der Waals surface area contributed by atoms with Crippen molar-refractivity contribution in [2.75, 3.05) is 38.2 Å². The Morgan fingerprint density at radius 1 is 0.962 bits per heavy atom. The zero-order chi connectivity index (χ0) is 18.0. The minimum absolute atomic E-state index is 0.0562. The molecule has 5 nitrogen and oxygen atoms in total. The summed E-state index contributed by atoms with van der Waals surface area (Å²) in [6.45, 7) is 3.17. The van der Waals surface area contributed by atoms with Gasteiger partial charge in [0.15, 0.2) is 0 Å². The molecule has 1 heterocycles. The number of carbonyl (C=O) groups is 1. The van der Waals surface area contributed by atoms with E-state index in [-0.39, 0.29) is 11.6 Å².